The summed E-state index contributed by atoms with van der Waals surface area (Å²) in [5.74, 6) is 0. The second kappa shape index (κ2) is 6.57. The minimum absolute atomic E-state index is 0.193. The fraction of sp³-hybridized carbons (Fsp3) is 0.929. The molecule has 2 fully saturated rings. The maximum atomic E-state index is 11.4. The molecule has 0 aromatic rings. The van der Waals surface area contributed by atoms with E-state index in [2.05, 4.69) is 17.1 Å². The van der Waals surface area contributed by atoms with Crippen LogP contribution in [0.2, 0.25) is 0 Å². The van der Waals surface area contributed by atoms with Gasteiger partial charge in [-0.05, 0) is 12.8 Å². The zero-order valence-corrected chi connectivity index (χ0v) is 12.0. The van der Waals surface area contributed by atoms with Gasteiger partial charge in [0.15, 0.2) is 0 Å². The maximum absolute atomic E-state index is 11.4. The van der Waals surface area contributed by atoms with Crippen LogP contribution < -0.4 is 5.32 Å². The molecule has 2 aliphatic rings. The van der Waals surface area contributed by atoms with Crippen LogP contribution in [0, 0.1) is 0 Å². The number of carbonyl (C=O) groups is 1. The van der Waals surface area contributed by atoms with Crippen LogP contribution in [0.15, 0.2) is 0 Å². The maximum Gasteiger partial charge on any atom is 0.408 e. The quantitative estimate of drug-likeness (QED) is 0.724. The number of amides is 1. The normalized spacial score (nSPS) is 28.2. The summed E-state index contributed by atoms with van der Waals surface area (Å²) < 4.78 is 0. The van der Waals surface area contributed by atoms with E-state index in [4.69, 9.17) is 0 Å². The number of likely N-dealkylation sites (tertiary alicyclic amines) is 1. The largest absolute Gasteiger partial charge is 0.465 e. The van der Waals surface area contributed by atoms with E-state index >= 15 is 0 Å². The van der Waals surface area contributed by atoms with Crippen LogP contribution in [0.4, 0.5) is 4.79 Å². The van der Waals surface area contributed by atoms with Crippen molar-refractivity contribution in [1.29, 1.82) is 0 Å². The van der Waals surface area contributed by atoms with Gasteiger partial charge in [0.05, 0.1) is 0 Å². The van der Waals surface area contributed by atoms with Crippen molar-refractivity contribution in [2.45, 2.75) is 51.1 Å². The lowest BCUT2D eigenvalue weighted by Crippen LogP contribution is -2.72. The Labute approximate surface area is 115 Å². The molecule has 5 nitrogen and oxygen atoms in total. The first kappa shape index (κ1) is 14.6. The first-order chi connectivity index (χ1) is 9.20. The molecule has 2 aliphatic heterocycles. The second-order valence-corrected chi connectivity index (χ2v) is 5.71. The Morgan fingerprint density at radius 1 is 1.21 bits per heavy atom. The third-order valence-electron chi connectivity index (χ3n) is 4.61. The molecule has 5 heteroatoms. The smallest absolute Gasteiger partial charge is 0.408 e. The summed E-state index contributed by atoms with van der Waals surface area (Å²) in [6.07, 6.45) is 6.10. The summed E-state index contributed by atoms with van der Waals surface area (Å²) in [7, 11) is 0. The summed E-state index contributed by atoms with van der Waals surface area (Å²) in [6, 6.07) is 0. The van der Waals surface area contributed by atoms with Crippen LogP contribution in [0.3, 0.4) is 0 Å². The highest BCUT2D eigenvalue weighted by Crippen LogP contribution is 2.39. The molecule has 1 atom stereocenters. The lowest BCUT2D eigenvalue weighted by Gasteiger charge is -2.58. The average Bonchev–Trinajstić information content (AvgIpc) is 2.38. The standard InChI is InChI=1S/C14H27N3O2/c1-2-3-4-5-6-14(7-10-17(14)13(18)19)16-11-8-15-9-12-16/h15H,2-12H2,1H3,(H,18,19). The van der Waals surface area contributed by atoms with E-state index in [1.807, 2.05) is 0 Å². The van der Waals surface area contributed by atoms with E-state index in [1.165, 1.54) is 19.3 Å². The van der Waals surface area contributed by atoms with Crippen molar-refractivity contribution in [3.63, 3.8) is 0 Å². The van der Waals surface area contributed by atoms with E-state index < -0.39 is 6.09 Å². The van der Waals surface area contributed by atoms with Gasteiger partial charge in [-0.25, -0.2) is 4.79 Å². The summed E-state index contributed by atoms with van der Waals surface area (Å²) in [4.78, 5) is 15.5. The molecule has 0 saturated carbocycles. The van der Waals surface area contributed by atoms with Crippen LogP contribution in [0.25, 0.3) is 0 Å². The highest BCUT2D eigenvalue weighted by Gasteiger charge is 2.51. The molecule has 2 saturated heterocycles. The Morgan fingerprint density at radius 3 is 2.47 bits per heavy atom. The molecule has 110 valence electrons. The molecule has 1 amide bonds. The number of hydrogen-bond donors (Lipinski definition) is 2. The first-order valence-electron chi connectivity index (χ1n) is 7.67. The molecule has 0 aliphatic carbocycles. The number of piperazine rings is 1. The van der Waals surface area contributed by atoms with Crippen molar-refractivity contribution in [2.75, 3.05) is 32.7 Å². The van der Waals surface area contributed by atoms with E-state index in [0.29, 0.717) is 6.54 Å². The fourth-order valence-electron chi connectivity index (χ4n) is 3.42. The first-order valence-corrected chi connectivity index (χ1v) is 7.67. The van der Waals surface area contributed by atoms with Crippen LogP contribution in [0.1, 0.15) is 45.4 Å². The number of rotatable bonds is 6. The van der Waals surface area contributed by atoms with Gasteiger partial charge in [0.25, 0.3) is 0 Å². The lowest BCUT2D eigenvalue weighted by atomic mass is 9.86. The molecule has 2 N–H and O–H groups in total. The zero-order chi connectivity index (χ0) is 13.7. The average molecular weight is 269 g/mol. The SMILES string of the molecule is CCCCCCC1(N2CCNCC2)CCN1C(=O)O. The minimum Gasteiger partial charge on any atom is -0.465 e. The molecular weight excluding hydrogens is 242 g/mol. The second-order valence-electron chi connectivity index (χ2n) is 5.71. The Morgan fingerprint density at radius 2 is 1.95 bits per heavy atom. The van der Waals surface area contributed by atoms with Crippen molar-refractivity contribution < 1.29 is 9.90 Å². The third-order valence-corrected chi connectivity index (χ3v) is 4.61. The van der Waals surface area contributed by atoms with Gasteiger partial charge in [-0.15, -0.1) is 0 Å². The van der Waals surface area contributed by atoms with Crippen LogP contribution in [-0.2, 0) is 0 Å². The van der Waals surface area contributed by atoms with Gasteiger partial charge in [-0.1, -0.05) is 26.2 Å². The number of carboxylic acid groups (broad SMARTS) is 1. The van der Waals surface area contributed by atoms with Gasteiger partial charge < -0.3 is 10.4 Å². The lowest BCUT2D eigenvalue weighted by molar-refractivity contribution is -0.124. The molecule has 0 aromatic heterocycles. The molecule has 0 bridgehead atoms. The molecule has 2 heterocycles. The van der Waals surface area contributed by atoms with E-state index in [-0.39, 0.29) is 5.66 Å². The van der Waals surface area contributed by atoms with Crippen molar-refractivity contribution in [2.24, 2.45) is 0 Å². The Hall–Kier alpha value is -0.810. The van der Waals surface area contributed by atoms with E-state index in [0.717, 1.165) is 45.4 Å². The third kappa shape index (κ3) is 3.03. The van der Waals surface area contributed by atoms with Crippen LogP contribution in [-0.4, -0.2) is 59.4 Å². The van der Waals surface area contributed by atoms with Crippen molar-refractivity contribution in [3.05, 3.63) is 0 Å². The number of nitrogens with zero attached hydrogens (tertiary/aromatic N) is 2. The molecular formula is C14H27N3O2. The number of hydrogen-bond acceptors (Lipinski definition) is 3. The van der Waals surface area contributed by atoms with Gasteiger partial charge >= 0.3 is 6.09 Å². The summed E-state index contributed by atoms with van der Waals surface area (Å²) >= 11 is 0. The van der Waals surface area contributed by atoms with Crippen molar-refractivity contribution in [3.8, 4) is 0 Å². The summed E-state index contributed by atoms with van der Waals surface area (Å²) in [5.41, 5.74) is -0.193. The van der Waals surface area contributed by atoms with Gasteiger partial charge in [0, 0.05) is 39.1 Å². The monoisotopic (exact) mass is 269 g/mol. The zero-order valence-electron chi connectivity index (χ0n) is 12.0. The van der Waals surface area contributed by atoms with Gasteiger partial charge in [0.1, 0.15) is 5.66 Å². The molecule has 2 rings (SSSR count). The number of nitrogens with one attached hydrogen (secondary N) is 1. The van der Waals surface area contributed by atoms with Gasteiger partial charge in [-0.3, -0.25) is 9.80 Å². The molecule has 1 unspecified atom stereocenters. The predicted molar refractivity (Wildman–Crippen MR) is 75.3 cm³/mol. The van der Waals surface area contributed by atoms with Crippen molar-refractivity contribution in [1.82, 2.24) is 15.1 Å². The molecule has 19 heavy (non-hydrogen) atoms. The Bertz CT molecular complexity index is 305. The molecule has 0 aromatic carbocycles. The highest BCUT2D eigenvalue weighted by atomic mass is 16.4. The minimum atomic E-state index is -0.750. The molecule has 0 spiro atoms. The summed E-state index contributed by atoms with van der Waals surface area (Å²) in [5, 5.41) is 12.7. The highest BCUT2D eigenvalue weighted by molar-refractivity contribution is 5.67. The van der Waals surface area contributed by atoms with E-state index in [1.54, 1.807) is 4.90 Å². The Kier molecular flexibility index (Phi) is 5.05. The predicted octanol–water partition coefficient (Wildman–Crippen LogP) is 1.94. The number of unbranched alkanes of at least 4 members (excludes halogenated alkanes) is 3. The van der Waals surface area contributed by atoms with Gasteiger partial charge in [-0.2, -0.15) is 0 Å². The topological polar surface area (TPSA) is 55.8 Å². The van der Waals surface area contributed by atoms with Gasteiger partial charge in [0.2, 0.25) is 0 Å². The summed E-state index contributed by atoms with van der Waals surface area (Å²) in [6.45, 7) is 6.80. The van der Waals surface area contributed by atoms with Crippen LogP contribution >= 0.6 is 0 Å². The molecule has 0 radical (unpaired) electrons. The van der Waals surface area contributed by atoms with Crippen molar-refractivity contribution >= 4 is 6.09 Å². The van der Waals surface area contributed by atoms with Crippen LogP contribution in [0.5, 0.6) is 0 Å². The van der Waals surface area contributed by atoms with E-state index in [9.17, 15) is 9.90 Å². The fourth-order valence-corrected chi connectivity index (χ4v) is 3.42. The Balaban J connectivity index is 1.98.